The Bertz CT molecular complexity index is 690. The normalized spacial score (nSPS) is 19.2. The van der Waals surface area contributed by atoms with Gasteiger partial charge in [-0.25, -0.2) is 4.74 Å². The molecule has 166 valence electrons. The third-order valence-corrected chi connectivity index (χ3v) is 5.89. The van der Waals surface area contributed by atoms with Crippen molar-refractivity contribution >= 4 is 38.4 Å². The summed E-state index contributed by atoms with van der Waals surface area (Å²) in [4.78, 5) is 1.30. The second kappa shape index (κ2) is 8.35. The van der Waals surface area contributed by atoms with Gasteiger partial charge >= 0.3 is 31.4 Å². The van der Waals surface area contributed by atoms with Crippen molar-refractivity contribution < 1.29 is 48.3 Å². The zero-order chi connectivity index (χ0) is 22.2. The van der Waals surface area contributed by atoms with E-state index in [2.05, 4.69) is 9.13 Å². The highest BCUT2D eigenvalue weighted by atomic mass is 127. The first-order valence-corrected chi connectivity index (χ1v) is 10.4. The second-order valence-electron chi connectivity index (χ2n) is 6.08. The quantitative estimate of drug-likeness (QED) is 0.142. The minimum Gasteiger partial charge on any atom is -0.359 e. The molecule has 0 radical (unpaired) electrons. The summed E-state index contributed by atoms with van der Waals surface area (Å²) in [5, 5.41) is -6.33. The van der Waals surface area contributed by atoms with Crippen molar-refractivity contribution in [2.24, 2.45) is 10.3 Å². The SMILES string of the molecule is CCC(C)/C(=N/S(=O)(=O)C(F)(F)C(F)(F)OC(F)(F)C(F)(F)I)N1CCCC1. The Morgan fingerprint density at radius 3 is 1.93 bits per heavy atom. The lowest BCUT2D eigenvalue weighted by Crippen LogP contribution is -2.54. The van der Waals surface area contributed by atoms with Crippen molar-refractivity contribution in [1.82, 2.24) is 4.90 Å². The van der Waals surface area contributed by atoms with Gasteiger partial charge in [0.25, 0.3) is 0 Å². The van der Waals surface area contributed by atoms with Crippen LogP contribution >= 0.6 is 22.6 Å². The zero-order valence-electron chi connectivity index (χ0n) is 14.5. The summed E-state index contributed by atoms with van der Waals surface area (Å²) in [5.74, 6) is -1.18. The molecule has 1 heterocycles. The van der Waals surface area contributed by atoms with Crippen LogP contribution in [0.3, 0.4) is 0 Å². The number of halogens is 9. The summed E-state index contributed by atoms with van der Waals surface area (Å²) in [6.07, 6.45) is -11.2. The topological polar surface area (TPSA) is 59.0 Å². The van der Waals surface area contributed by atoms with E-state index in [0.717, 1.165) is 0 Å². The summed E-state index contributed by atoms with van der Waals surface area (Å²) >= 11 is -0.303. The molecule has 0 aliphatic carbocycles. The van der Waals surface area contributed by atoms with E-state index in [1.54, 1.807) is 6.92 Å². The number of hydrogen-bond donors (Lipinski definition) is 0. The molecule has 1 unspecified atom stereocenters. The highest BCUT2D eigenvalue weighted by molar-refractivity contribution is 14.1. The Kier molecular flexibility index (Phi) is 7.63. The van der Waals surface area contributed by atoms with Crippen molar-refractivity contribution in [1.29, 1.82) is 0 Å². The van der Waals surface area contributed by atoms with Crippen LogP contribution in [-0.2, 0) is 14.8 Å². The third-order valence-electron chi connectivity index (χ3n) is 3.95. The molecular weight excluding hydrogens is 543 g/mol. The van der Waals surface area contributed by atoms with Crippen molar-refractivity contribution in [3.63, 3.8) is 0 Å². The maximum absolute atomic E-state index is 13.9. The smallest absolute Gasteiger partial charge is 0.359 e. The van der Waals surface area contributed by atoms with Gasteiger partial charge in [-0.3, -0.25) is 0 Å². The van der Waals surface area contributed by atoms with Crippen molar-refractivity contribution in [2.75, 3.05) is 13.1 Å². The Labute approximate surface area is 169 Å². The first kappa shape index (κ1) is 25.6. The maximum Gasteiger partial charge on any atom is 0.455 e. The van der Waals surface area contributed by atoms with Gasteiger partial charge < -0.3 is 4.90 Å². The first-order chi connectivity index (χ1) is 12.4. The van der Waals surface area contributed by atoms with E-state index in [1.165, 1.54) is 11.8 Å². The average Bonchev–Trinajstić information content (AvgIpc) is 3.03. The van der Waals surface area contributed by atoms with E-state index in [4.69, 9.17) is 0 Å². The van der Waals surface area contributed by atoms with Crippen LogP contribution in [0, 0.1) is 5.92 Å². The number of hydrogen-bond acceptors (Lipinski definition) is 3. The van der Waals surface area contributed by atoms with E-state index >= 15 is 0 Å². The molecule has 0 aromatic rings. The molecule has 1 rings (SSSR count). The predicted octanol–water partition coefficient (Wildman–Crippen LogP) is 4.68. The molecule has 1 aliphatic rings. The molecule has 1 saturated heterocycles. The van der Waals surface area contributed by atoms with Crippen LogP contribution in [0.4, 0.5) is 35.1 Å². The summed E-state index contributed by atoms with van der Waals surface area (Å²) in [7, 11) is -6.47. The van der Waals surface area contributed by atoms with Crippen LogP contribution in [0.25, 0.3) is 0 Å². The van der Waals surface area contributed by atoms with Gasteiger partial charge in [-0.1, -0.05) is 13.8 Å². The standard InChI is InChI=1S/C13H17F8IN2O3S/c1-3-8(2)9(24-6-4-5-7-24)23-28(25,26)13(20,21)12(18,19)27-11(16,17)10(14,15)22/h8H,3-7H2,1-2H3/b23-9-. The number of amidine groups is 1. The largest absolute Gasteiger partial charge is 0.455 e. The monoisotopic (exact) mass is 560 g/mol. The first-order valence-electron chi connectivity index (χ1n) is 7.89. The second-order valence-corrected chi connectivity index (χ2v) is 9.08. The molecule has 1 fully saturated rings. The number of rotatable bonds is 8. The van der Waals surface area contributed by atoms with Crippen molar-refractivity contribution in [3.8, 4) is 0 Å². The summed E-state index contributed by atoms with van der Waals surface area (Å²) in [6, 6.07) is 0. The predicted molar refractivity (Wildman–Crippen MR) is 91.5 cm³/mol. The minimum absolute atomic E-state index is 0.211. The molecule has 28 heavy (non-hydrogen) atoms. The van der Waals surface area contributed by atoms with Gasteiger partial charge in [0.15, 0.2) is 0 Å². The Morgan fingerprint density at radius 2 is 1.54 bits per heavy atom. The molecule has 1 aliphatic heterocycles. The van der Waals surface area contributed by atoms with Gasteiger partial charge in [0.05, 0.1) is 0 Å². The van der Waals surface area contributed by atoms with Gasteiger partial charge in [0, 0.05) is 41.6 Å². The molecular formula is C13H17F8IN2O3S. The van der Waals surface area contributed by atoms with E-state index in [0.29, 0.717) is 12.8 Å². The highest BCUT2D eigenvalue weighted by Gasteiger charge is 2.74. The minimum atomic E-state index is -6.49. The van der Waals surface area contributed by atoms with Crippen molar-refractivity contribution in [2.45, 2.75) is 54.5 Å². The Hall–Kier alpha value is -0.450. The number of ether oxygens (including phenoxy) is 1. The van der Waals surface area contributed by atoms with E-state index < -0.39 is 43.2 Å². The van der Waals surface area contributed by atoms with Crippen LogP contribution in [0.1, 0.15) is 33.1 Å². The fraction of sp³-hybridized carbons (Fsp3) is 0.923. The molecule has 15 heteroatoms. The summed E-state index contributed by atoms with van der Waals surface area (Å²) in [6.45, 7) is 3.43. The highest BCUT2D eigenvalue weighted by Crippen LogP contribution is 2.49. The molecule has 0 aromatic heterocycles. The molecule has 0 N–H and O–H groups in total. The van der Waals surface area contributed by atoms with Gasteiger partial charge in [-0.05, 0) is 19.3 Å². The maximum atomic E-state index is 13.9. The van der Waals surface area contributed by atoms with E-state index in [-0.39, 0.29) is 42.1 Å². The lowest BCUT2D eigenvalue weighted by Gasteiger charge is -2.30. The van der Waals surface area contributed by atoms with Crippen molar-refractivity contribution in [3.05, 3.63) is 0 Å². The molecule has 0 saturated carbocycles. The van der Waals surface area contributed by atoms with Gasteiger partial charge in [-0.15, -0.1) is 4.40 Å². The molecule has 0 bridgehead atoms. The van der Waals surface area contributed by atoms with E-state index in [9.17, 15) is 43.5 Å². The summed E-state index contributed by atoms with van der Waals surface area (Å²) in [5.41, 5.74) is 0. The molecule has 0 spiro atoms. The van der Waals surface area contributed by atoms with Crippen LogP contribution in [-0.4, -0.2) is 53.6 Å². The van der Waals surface area contributed by atoms with E-state index in [1.807, 2.05) is 0 Å². The van der Waals surface area contributed by atoms with Gasteiger partial charge in [0.1, 0.15) is 5.84 Å². The number of likely N-dealkylation sites (tertiary alicyclic amines) is 1. The fourth-order valence-corrected chi connectivity index (χ4v) is 3.31. The van der Waals surface area contributed by atoms with Gasteiger partial charge in [0.2, 0.25) is 0 Å². The Morgan fingerprint density at radius 1 is 1.07 bits per heavy atom. The van der Waals surface area contributed by atoms with Gasteiger partial charge in [-0.2, -0.15) is 43.5 Å². The zero-order valence-corrected chi connectivity index (χ0v) is 17.5. The molecule has 0 aromatic carbocycles. The van der Waals surface area contributed by atoms with Crippen LogP contribution < -0.4 is 0 Å². The van der Waals surface area contributed by atoms with Crippen LogP contribution in [0.15, 0.2) is 4.40 Å². The number of nitrogens with zero attached hydrogens (tertiary/aromatic N) is 2. The molecule has 0 amide bonds. The Balaban J connectivity index is 3.34. The average molecular weight is 560 g/mol. The fourth-order valence-electron chi connectivity index (χ4n) is 2.20. The van der Waals surface area contributed by atoms with Crippen LogP contribution in [0.5, 0.6) is 0 Å². The van der Waals surface area contributed by atoms with Crippen LogP contribution in [0.2, 0.25) is 0 Å². The summed E-state index contributed by atoms with van der Waals surface area (Å²) < 4.78 is 130. The number of alkyl halides is 9. The number of sulfonamides is 1. The lowest BCUT2D eigenvalue weighted by atomic mass is 10.1. The molecule has 1 atom stereocenters. The molecule has 5 nitrogen and oxygen atoms in total. The third kappa shape index (κ3) is 5.17. The lowest BCUT2D eigenvalue weighted by molar-refractivity contribution is -0.438.